The summed E-state index contributed by atoms with van der Waals surface area (Å²) < 4.78 is 0. The van der Waals surface area contributed by atoms with Crippen LogP contribution in [0.3, 0.4) is 0 Å². The molecule has 0 N–H and O–H groups in total. The Bertz CT molecular complexity index is 584. The van der Waals surface area contributed by atoms with Crippen LogP contribution in [0.4, 0.5) is 0 Å². The van der Waals surface area contributed by atoms with Gasteiger partial charge in [0.15, 0.2) is 11.6 Å². The molecular formula is C16H13NO3. The fourth-order valence-corrected chi connectivity index (χ4v) is 1.93. The fraction of sp³-hybridized carbons (Fsp3) is 0.125. The molecule has 0 bridgehead atoms. The Labute approximate surface area is 116 Å². The standard InChI is InChI=1S/C16H13NO3/c1-11(18)14(15(19)12-6-3-2-4-7-12)16(20)13-8-5-9-17-10-13/h2-10,14H,1H3. The number of carbonyl (C=O) groups is 3. The highest BCUT2D eigenvalue weighted by Gasteiger charge is 2.32. The molecule has 1 unspecified atom stereocenters. The maximum atomic E-state index is 12.3. The van der Waals surface area contributed by atoms with E-state index in [0.29, 0.717) is 5.56 Å². The minimum absolute atomic E-state index is 0.261. The van der Waals surface area contributed by atoms with Crippen LogP contribution in [0.5, 0.6) is 0 Å². The molecule has 2 rings (SSSR count). The molecule has 1 heterocycles. The van der Waals surface area contributed by atoms with E-state index >= 15 is 0 Å². The largest absolute Gasteiger partial charge is 0.299 e. The maximum Gasteiger partial charge on any atom is 0.182 e. The third-order valence-corrected chi connectivity index (χ3v) is 2.94. The quantitative estimate of drug-likeness (QED) is 0.616. The average Bonchev–Trinajstić information content (AvgIpc) is 2.48. The lowest BCUT2D eigenvalue weighted by Gasteiger charge is -2.11. The molecule has 0 radical (unpaired) electrons. The number of Topliss-reactive ketones (excluding diaryl/α,β-unsaturated/α-hetero) is 3. The van der Waals surface area contributed by atoms with Crippen molar-refractivity contribution in [1.29, 1.82) is 0 Å². The zero-order chi connectivity index (χ0) is 14.5. The number of rotatable bonds is 5. The summed E-state index contributed by atoms with van der Waals surface area (Å²) >= 11 is 0. The van der Waals surface area contributed by atoms with Crippen molar-refractivity contribution in [2.45, 2.75) is 6.92 Å². The van der Waals surface area contributed by atoms with Crippen LogP contribution >= 0.6 is 0 Å². The average molecular weight is 267 g/mol. The van der Waals surface area contributed by atoms with Gasteiger partial charge in [0.2, 0.25) is 0 Å². The molecule has 0 spiro atoms. The molecule has 0 amide bonds. The van der Waals surface area contributed by atoms with Crippen LogP contribution in [-0.2, 0) is 4.79 Å². The highest BCUT2D eigenvalue weighted by atomic mass is 16.2. The summed E-state index contributed by atoms with van der Waals surface area (Å²) in [4.78, 5) is 40.2. The summed E-state index contributed by atoms with van der Waals surface area (Å²) in [5.41, 5.74) is 0.613. The first-order valence-electron chi connectivity index (χ1n) is 6.15. The Balaban J connectivity index is 2.36. The smallest absolute Gasteiger partial charge is 0.182 e. The van der Waals surface area contributed by atoms with Crippen molar-refractivity contribution in [2.75, 3.05) is 0 Å². The maximum absolute atomic E-state index is 12.3. The summed E-state index contributed by atoms with van der Waals surface area (Å²) in [6, 6.07) is 11.5. The zero-order valence-corrected chi connectivity index (χ0v) is 10.9. The molecular weight excluding hydrogens is 254 g/mol. The number of benzene rings is 1. The molecule has 0 saturated carbocycles. The first-order chi connectivity index (χ1) is 9.61. The Morgan fingerprint density at radius 2 is 1.50 bits per heavy atom. The van der Waals surface area contributed by atoms with E-state index in [1.54, 1.807) is 42.5 Å². The van der Waals surface area contributed by atoms with Crippen LogP contribution in [-0.4, -0.2) is 22.3 Å². The first-order valence-corrected chi connectivity index (χ1v) is 6.15. The highest BCUT2D eigenvalue weighted by Crippen LogP contribution is 2.15. The summed E-state index contributed by atoms with van der Waals surface area (Å²) in [6.45, 7) is 1.25. The van der Waals surface area contributed by atoms with E-state index in [-0.39, 0.29) is 5.56 Å². The van der Waals surface area contributed by atoms with E-state index in [9.17, 15) is 14.4 Å². The molecule has 1 aromatic carbocycles. The minimum Gasteiger partial charge on any atom is -0.299 e. The van der Waals surface area contributed by atoms with Crippen molar-refractivity contribution in [3.05, 3.63) is 66.0 Å². The third kappa shape index (κ3) is 2.85. The van der Waals surface area contributed by atoms with Crippen molar-refractivity contribution in [3.8, 4) is 0 Å². The number of hydrogen-bond donors (Lipinski definition) is 0. The lowest BCUT2D eigenvalue weighted by molar-refractivity contribution is -0.118. The van der Waals surface area contributed by atoms with Crippen LogP contribution in [0, 0.1) is 5.92 Å². The second-order valence-corrected chi connectivity index (χ2v) is 4.38. The van der Waals surface area contributed by atoms with E-state index in [4.69, 9.17) is 0 Å². The SMILES string of the molecule is CC(=O)C(C(=O)c1ccccc1)C(=O)c1cccnc1. The molecule has 0 aliphatic heterocycles. The molecule has 1 atom stereocenters. The van der Waals surface area contributed by atoms with Crippen molar-refractivity contribution in [1.82, 2.24) is 4.98 Å². The predicted molar refractivity (Wildman–Crippen MR) is 73.5 cm³/mol. The van der Waals surface area contributed by atoms with Gasteiger partial charge < -0.3 is 0 Å². The Kier molecular flexibility index (Phi) is 4.15. The Hall–Kier alpha value is -2.62. The van der Waals surface area contributed by atoms with E-state index in [0.717, 1.165) is 0 Å². The molecule has 2 aromatic rings. The van der Waals surface area contributed by atoms with Gasteiger partial charge in [-0.3, -0.25) is 19.4 Å². The van der Waals surface area contributed by atoms with Gasteiger partial charge in [0.05, 0.1) is 0 Å². The fourth-order valence-electron chi connectivity index (χ4n) is 1.93. The second-order valence-electron chi connectivity index (χ2n) is 4.38. The Morgan fingerprint density at radius 1 is 0.900 bits per heavy atom. The lowest BCUT2D eigenvalue weighted by atomic mass is 9.88. The number of pyridine rings is 1. The van der Waals surface area contributed by atoms with Crippen molar-refractivity contribution in [3.63, 3.8) is 0 Å². The molecule has 100 valence electrons. The van der Waals surface area contributed by atoms with Gasteiger partial charge in [-0.25, -0.2) is 0 Å². The summed E-state index contributed by atoms with van der Waals surface area (Å²) in [6.07, 6.45) is 2.88. The zero-order valence-electron chi connectivity index (χ0n) is 10.9. The van der Waals surface area contributed by atoms with Crippen molar-refractivity contribution < 1.29 is 14.4 Å². The van der Waals surface area contributed by atoms with E-state index in [1.807, 2.05) is 0 Å². The molecule has 0 fully saturated rings. The number of hydrogen-bond acceptors (Lipinski definition) is 4. The van der Waals surface area contributed by atoms with Crippen LogP contribution in [0.1, 0.15) is 27.6 Å². The number of carbonyl (C=O) groups excluding carboxylic acids is 3. The van der Waals surface area contributed by atoms with E-state index in [2.05, 4.69) is 4.98 Å². The monoisotopic (exact) mass is 267 g/mol. The highest BCUT2D eigenvalue weighted by molar-refractivity contribution is 6.27. The predicted octanol–water partition coefficient (Wildman–Crippen LogP) is 2.35. The minimum atomic E-state index is -1.30. The molecule has 20 heavy (non-hydrogen) atoms. The van der Waals surface area contributed by atoms with Crippen molar-refractivity contribution in [2.24, 2.45) is 5.92 Å². The summed E-state index contributed by atoms with van der Waals surface area (Å²) in [5, 5.41) is 0. The molecule has 4 nitrogen and oxygen atoms in total. The van der Waals surface area contributed by atoms with Gasteiger partial charge in [-0.05, 0) is 19.1 Å². The number of ketones is 3. The van der Waals surface area contributed by atoms with Gasteiger partial charge in [-0.2, -0.15) is 0 Å². The van der Waals surface area contributed by atoms with Crippen LogP contribution in [0.25, 0.3) is 0 Å². The Morgan fingerprint density at radius 3 is 2.05 bits per heavy atom. The van der Waals surface area contributed by atoms with Crippen LogP contribution in [0.15, 0.2) is 54.9 Å². The molecule has 4 heteroatoms. The summed E-state index contributed by atoms with van der Waals surface area (Å²) in [7, 11) is 0. The molecule has 1 aromatic heterocycles. The molecule has 0 saturated heterocycles. The summed E-state index contributed by atoms with van der Waals surface area (Å²) in [5.74, 6) is -2.76. The van der Waals surface area contributed by atoms with E-state index in [1.165, 1.54) is 19.3 Å². The lowest BCUT2D eigenvalue weighted by Crippen LogP contribution is -2.30. The number of aromatic nitrogens is 1. The van der Waals surface area contributed by atoms with Gasteiger partial charge in [0, 0.05) is 23.5 Å². The van der Waals surface area contributed by atoms with Gasteiger partial charge in [0.1, 0.15) is 11.7 Å². The van der Waals surface area contributed by atoms with Gasteiger partial charge in [-0.15, -0.1) is 0 Å². The second kappa shape index (κ2) is 6.02. The van der Waals surface area contributed by atoms with Crippen molar-refractivity contribution >= 4 is 17.3 Å². The van der Waals surface area contributed by atoms with Crippen LogP contribution in [0.2, 0.25) is 0 Å². The molecule has 0 aliphatic carbocycles. The first kappa shape index (κ1) is 13.8. The normalized spacial score (nSPS) is 11.7. The van der Waals surface area contributed by atoms with E-state index < -0.39 is 23.3 Å². The van der Waals surface area contributed by atoms with Crippen LogP contribution < -0.4 is 0 Å². The van der Waals surface area contributed by atoms with Gasteiger partial charge in [-0.1, -0.05) is 30.3 Å². The van der Waals surface area contributed by atoms with Gasteiger partial charge >= 0.3 is 0 Å². The van der Waals surface area contributed by atoms with Gasteiger partial charge in [0.25, 0.3) is 0 Å². The number of nitrogens with zero attached hydrogens (tertiary/aromatic N) is 1. The molecule has 0 aliphatic rings. The topological polar surface area (TPSA) is 64.1 Å². The third-order valence-electron chi connectivity index (χ3n) is 2.94.